The van der Waals surface area contributed by atoms with E-state index in [1.165, 1.54) is 48.5 Å². The minimum atomic E-state index is -0.485. The van der Waals surface area contributed by atoms with Crippen molar-refractivity contribution in [2.75, 3.05) is 0 Å². The summed E-state index contributed by atoms with van der Waals surface area (Å²) < 4.78 is 56.8. The molecule has 4 aromatic carbocycles. The van der Waals surface area contributed by atoms with Gasteiger partial charge in [0.1, 0.15) is 23.3 Å². The van der Waals surface area contributed by atoms with E-state index < -0.39 is 6.04 Å². The third kappa shape index (κ3) is 5.68. The highest BCUT2D eigenvalue weighted by Gasteiger charge is 2.29. The van der Waals surface area contributed by atoms with Crippen molar-refractivity contribution in [1.29, 1.82) is 0 Å². The third-order valence-electron chi connectivity index (χ3n) is 9.61. The molecule has 0 fully saturated rings. The van der Waals surface area contributed by atoms with Gasteiger partial charge in [-0.3, -0.25) is 4.99 Å². The summed E-state index contributed by atoms with van der Waals surface area (Å²) in [6.45, 7) is 0. The molecule has 8 bridgehead atoms. The number of fused-ring (bicyclic) bond motifs is 6. The highest BCUT2D eigenvalue weighted by molar-refractivity contribution is 6.32. The monoisotopic (exact) mass is 688 g/mol. The number of aromatic amines is 1. The molecule has 4 aliphatic rings. The minimum absolute atomic E-state index is 0.346. The molecule has 252 valence electrons. The molecule has 0 spiro atoms. The molecule has 5 aromatic rings. The Morgan fingerprint density at radius 1 is 0.462 bits per heavy atom. The van der Waals surface area contributed by atoms with Crippen LogP contribution in [0.25, 0.3) is 22.3 Å². The Bertz CT molecular complexity index is 2600. The van der Waals surface area contributed by atoms with E-state index in [1.807, 2.05) is 48.6 Å². The van der Waals surface area contributed by atoms with E-state index in [9.17, 15) is 17.6 Å². The van der Waals surface area contributed by atoms with Crippen LogP contribution in [0.3, 0.4) is 0 Å². The number of hydrogen-bond donors (Lipinski definition) is 2. The van der Waals surface area contributed by atoms with Crippen LogP contribution in [0.1, 0.15) is 22.3 Å². The van der Waals surface area contributed by atoms with Gasteiger partial charge < -0.3 is 10.3 Å². The van der Waals surface area contributed by atoms with Gasteiger partial charge >= 0.3 is 0 Å². The Morgan fingerprint density at radius 3 is 1.62 bits per heavy atom. The van der Waals surface area contributed by atoms with E-state index in [2.05, 4.69) is 10.3 Å². The Labute approximate surface area is 296 Å². The highest BCUT2D eigenvalue weighted by atomic mass is 19.1. The second-order valence-electron chi connectivity index (χ2n) is 12.8. The van der Waals surface area contributed by atoms with Crippen molar-refractivity contribution in [3.8, 4) is 0 Å². The standard InChI is InChI=1S/C44H28F4N4/c45-29-9-1-25(2-10-29)41-33-17-19-35(49-33)42(26-3-11-30(46)12-4-26)37-21-23-39(51-37)44(28-7-15-32(48)16-8-28)40-24-22-38(52-40)43(36-20-18-34(41)50-36)27-5-13-31(47)14-6-27/h1-24,33,39,49-50H/b41-34-,42-35-,43-36-,44-40-. The highest BCUT2D eigenvalue weighted by Crippen LogP contribution is 2.36. The van der Waals surface area contributed by atoms with E-state index in [0.29, 0.717) is 17.1 Å². The quantitative estimate of drug-likeness (QED) is 0.187. The van der Waals surface area contributed by atoms with Crippen molar-refractivity contribution < 1.29 is 17.6 Å². The number of allylic oxidation sites excluding steroid dienone is 5. The largest absolute Gasteiger partial charge is 0.374 e. The van der Waals surface area contributed by atoms with Gasteiger partial charge in [-0.15, -0.1) is 0 Å². The average molecular weight is 689 g/mol. The van der Waals surface area contributed by atoms with E-state index in [1.54, 1.807) is 48.5 Å². The lowest BCUT2D eigenvalue weighted by Gasteiger charge is -2.19. The summed E-state index contributed by atoms with van der Waals surface area (Å²) in [5, 5.41) is 5.20. The minimum Gasteiger partial charge on any atom is -0.374 e. The molecule has 0 amide bonds. The molecule has 4 nitrogen and oxygen atoms in total. The Balaban J connectivity index is 1.36. The van der Waals surface area contributed by atoms with Crippen molar-refractivity contribution in [3.05, 3.63) is 213 Å². The van der Waals surface area contributed by atoms with Gasteiger partial charge in [-0.05, 0) is 107 Å². The van der Waals surface area contributed by atoms with Gasteiger partial charge in [0.2, 0.25) is 0 Å². The molecule has 0 aliphatic carbocycles. The van der Waals surface area contributed by atoms with Crippen molar-refractivity contribution in [3.63, 3.8) is 0 Å². The van der Waals surface area contributed by atoms with Crippen LogP contribution in [-0.4, -0.2) is 28.5 Å². The lowest BCUT2D eigenvalue weighted by atomic mass is 9.97. The number of aliphatic imine (C=N–C) groups is 2. The van der Waals surface area contributed by atoms with Gasteiger partial charge in [0.15, 0.2) is 0 Å². The second-order valence-corrected chi connectivity index (χ2v) is 12.8. The van der Waals surface area contributed by atoms with E-state index >= 15 is 0 Å². The fourth-order valence-corrected chi connectivity index (χ4v) is 7.20. The molecule has 0 radical (unpaired) electrons. The maximum atomic E-state index is 14.2. The zero-order valence-electron chi connectivity index (χ0n) is 27.4. The Hall–Kier alpha value is -6.54. The summed E-state index contributed by atoms with van der Waals surface area (Å²) >= 11 is 0. The molecule has 5 heterocycles. The molecular formula is C44H28F4N4. The Morgan fingerprint density at radius 2 is 1.00 bits per heavy atom. The zero-order chi connectivity index (χ0) is 35.3. The first kappa shape index (κ1) is 31.4. The number of nitrogens with one attached hydrogen (secondary N) is 2. The number of hydrogen-bond acceptors (Lipinski definition) is 3. The van der Waals surface area contributed by atoms with Gasteiger partial charge in [-0.1, -0.05) is 60.7 Å². The molecule has 2 unspecified atom stereocenters. The maximum Gasteiger partial charge on any atom is 0.123 e. The molecule has 9 rings (SSSR count). The number of halogens is 4. The number of benzene rings is 4. The van der Waals surface area contributed by atoms with E-state index in [4.69, 9.17) is 9.98 Å². The molecule has 2 atom stereocenters. The van der Waals surface area contributed by atoms with Crippen molar-refractivity contribution in [2.45, 2.75) is 12.1 Å². The van der Waals surface area contributed by atoms with Crippen molar-refractivity contribution >= 4 is 33.7 Å². The van der Waals surface area contributed by atoms with Crippen LogP contribution in [0, 0.1) is 23.3 Å². The summed E-state index contributed by atoms with van der Waals surface area (Å²) in [5.41, 5.74) is 8.98. The fraction of sp³-hybridized carbons (Fsp3) is 0.0455. The van der Waals surface area contributed by atoms with Crippen molar-refractivity contribution in [2.24, 2.45) is 9.98 Å². The lowest BCUT2D eigenvalue weighted by molar-refractivity contribution is 0.627. The van der Waals surface area contributed by atoms with Crippen LogP contribution in [0.5, 0.6) is 0 Å². The lowest BCUT2D eigenvalue weighted by Crippen LogP contribution is -2.30. The summed E-state index contributed by atoms with van der Waals surface area (Å²) in [4.78, 5) is 14.0. The topological polar surface area (TPSA) is 52.5 Å². The molecule has 4 aliphatic heterocycles. The molecule has 0 saturated heterocycles. The summed E-state index contributed by atoms with van der Waals surface area (Å²) in [6, 6.07) is 28.3. The summed E-state index contributed by atoms with van der Waals surface area (Å²) in [5.74, 6) is -1.41. The van der Waals surface area contributed by atoms with Crippen LogP contribution in [0.2, 0.25) is 0 Å². The van der Waals surface area contributed by atoms with Crippen molar-refractivity contribution in [1.82, 2.24) is 10.3 Å². The predicted octanol–water partition coefficient (Wildman–Crippen LogP) is 7.72. The molecule has 52 heavy (non-hydrogen) atoms. The van der Waals surface area contributed by atoms with Gasteiger partial charge in [0.05, 0.1) is 29.2 Å². The van der Waals surface area contributed by atoms with E-state index in [-0.39, 0.29) is 29.3 Å². The third-order valence-corrected chi connectivity index (χ3v) is 9.61. The zero-order valence-corrected chi connectivity index (χ0v) is 27.4. The first-order valence-corrected chi connectivity index (χ1v) is 16.8. The molecule has 2 N–H and O–H groups in total. The summed E-state index contributed by atoms with van der Waals surface area (Å²) in [6.07, 6.45) is 11.8. The number of H-pyrrole nitrogens is 1. The maximum absolute atomic E-state index is 14.2. The van der Waals surface area contributed by atoms with Crippen LogP contribution in [0.4, 0.5) is 17.6 Å². The Kier molecular flexibility index (Phi) is 7.65. The van der Waals surface area contributed by atoms with Gasteiger partial charge in [-0.2, -0.15) is 0 Å². The SMILES string of the molecule is Fc1ccc(/C2=C3\C=CC(N3)/C(c3ccc(F)cc3)=c3/cc/c([nH]3)=C(\c3ccc(F)cc3)C3=N/C(=C(/c4ccc(F)cc4)C4C=CC2=N4)C=C3)cc1. The van der Waals surface area contributed by atoms with Crippen LogP contribution >= 0.6 is 0 Å². The molecular weight excluding hydrogens is 661 g/mol. The molecule has 8 heteroatoms. The van der Waals surface area contributed by atoms with E-state index in [0.717, 1.165) is 60.9 Å². The van der Waals surface area contributed by atoms with Gasteiger partial charge in [0.25, 0.3) is 0 Å². The number of aromatic nitrogens is 1. The average Bonchev–Trinajstić information content (AvgIpc) is 3.99. The number of nitrogens with zero attached hydrogens (tertiary/aromatic N) is 2. The van der Waals surface area contributed by atoms with Crippen LogP contribution in [0.15, 0.2) is 167 Å². The first-order chi connectivity index (χ1) is 25.4. The second kappa shape index (κ2) is 12.7. The van der Waals surface area contributed by atoms with Gasteiger partial charge in [-0.25, -0.2) is 22.6 Å². The van der Waals surface area contributed by atoms with Crippen LogP contribution < -0.4 is 16.0 Å². The predicted molar refractivity (Wildman–Crippen MR) is 198 cm³/mol. The van der Waals surface area contributed by atoms with Gasteiger partial charge in [0, 0.05) is 38.7 Å². The normalized spacial score (nSPS) is 23.9. The fourth-order valence-electron chi connectivity index (χ4n) is 7.20. The first-order valence-electron chi connectivity index (χ1n) is 16.8. The molecule has 0 saturated carbocycles. The number of rotatable bonds is 4. The smallest absolute Gasteiger partial charge is 0.123 e. The molecule has 1 aromatic heterocycles. The summed E-state index contributed by atoms with van der Waals surface area (Å²) in [7, 11) is 0. The van der Waals surface area contributed by atoms with Crippen LogP contribution in [-0.2, 0) is 0 Å².